The highest BCUT2D eigenvalue weighted by Gasteiger charge is 2.36. The number of halogens is 3. The third kappa shape index (κ3) is 4.17. The topological polar surface area (TPSA) is 43.1 Å². The van der Waals surface area contributed by atoms with Crippen LogP contribution in [0.15, 0.2) is 41.8 Å². The molecule has 3 heterocycles. The first-order valence-corrected chi connectivity index (χ1v) is 10.3. The highest BCUT2D eigenvalue weighted by atomic mass is 19.4. The molecule has 2 aromatic heterocycles. The molecule has 0 radical (unpaired) electrons. The van der Waals surface area contributed by atoms with Crippen molar-refractivity contribution in [3.63, 3.8) is 0 Å². The largest absolute Gasteiger partial charge is 0.431 e. The van der Waals surface area contributed by atoms with Gasteiger partial charge in [-0.25, -0.2) is 4.68 Å². The van der Waals surface area contributed by atoms with E-state index in [1.165, 1.54) is 4.57 Å². The number of likely N-dealkylation sites (tertiary alicyclic amines) is 1. The van der Waals surface area contributed by atoms with Crippen molar-refractivity contribution < 1.29 is 13.2 Å². The maximum atomic E-state index is 13.9. The number of aryl methyl sites for hydroxylation is 2. The molecular formula is C23H25F3N4O. The van der Waals surface area contributed by atoms with Gasteiger partial charge in [-0.1, -0.05) is 18.2 Å². The molecule has 0 aliphatic carbocycles. The van der Waals surface area contributed by atoms with Crippen molar-refractivity contribution in [3.05, 3.63) is 69.8 Å². The van der Waals surface area contributed by atoms with Crippen LogP contribution in [0.4, 0.5) is 13.2 Å². The molecule has 3 aromatic rings. The molecule has 1 aliphatic rings. The minimum atomic E-state index is -4.61. The normalized spacial score (nSPS) is 17.5. The van der Waals surface area contributed by atoms with Gasteiger partial charge in [0.15, 0.2) is 5.43 Å². The van der Waals surface area contributed by atoms with Crippen molar-refractivity contribution in [2.24, 2.45) is 0 Å². The Balaban J connectivity index is 1.72. The van der Waals surface area contributed by atoms with E-state index in [0.29, 0.717) is 17.4 Å². The summed E-state index contributed by atoms with van der Waals surface area (Å²) in [4.78, 5) is 14.6. The fourth-order valence-corrected chi connectivity index (χ4v) is 4.43. The van der Waals surface area contributed by atoms with Crippen molar-refractivity contribution in [2.75, 3.05) is 6.54 Å². The van der Waals surface area contributed by atoms with Crippen LogP contribution in [0.5, 0.6) is 0 Å². The predicted octanol–water partition coefficient (Wildman–Crippen LogP) is 4.60. The minimum absolute atomic E-state index is 0.0698. The molecule has 4 rings (SSSR count). The van der Waals surface area contributed by atoms with Crippen LogP contribution < -0.4 is 5.43 Å². The fraction of sp³-hybridized carbons (Fsp3) is 0.391. The van der Waals surface area contributed by atoms with E-state index in [9.17, 15) is 18.0 Å². The van der Waals surface area contributed by atoms with Crippen LogP contribution in [-0.2, 0) is 19.3 Å². The van der Waals surface area contributed by atoms with E-state index in [1.54, 1.807) is 29.1 Å². The molecule has 1 atom stereocenters. The summed E-state index contributed by atoms with van der Waals surface area (Å²) in [6.45, 7) is 9.05. The van der Waals surface area contributed by atoms with Gasteiger partial charge in [-0.05, 0) is 45.4 Å². The number of alkyl halides is 3. The molecule has 0 N–H and O–H groups in total. The molecule has 8 heteroatoms. The van der Waals surface area contributed by atoms with Crippen molar-refractivity contribution in [1.29, 1.82) is 0 Å². The van der Waals surface area contributed by atoms with Crippen LogP contribution in [0, 0.1) is 13.8 Å². The first-order chi connectivity index (χ1) is 14.7. The number of hydrogen-bond acceptors (Lipinski definition) is 3. The lowest BCUT2D eigenvalue weighted by atomic mass is 10.1. The molecule has 0 saturated carbocycles. The lowest BCUT2D eigenvalue weighted by Crippen LogP contribution is -2.35. The molecule has 1 aliphatic heterocycles. The third-order valence-electron chi connectivity index (χ3n) is 6.03. The van der Waals surface area contributed by atoms with Gasteiger partial charge in [0, 0.05) is 48.5 Å². The van der Waals surface area contributed by atoms with Crippen LogP contribution in [0.25, 0.3) is 17.1 Å². The molecular weight excluding hydrogens is 405 g/mol. The van der Waals surface area contributed by atoms with Gasteiger partial charge < -0.3 is 4.57 Å². The summed E-state index contributed by atoms with van der Waals surface area (Å²) in [7, 11) is 0. The second-order valence-corrected chi connectivity index (χ2v) is 8.19. The zero-order valence-corrected chi connectivity index (χ0v) is 17.6. The summed E-state index contributed by atoms with van der Waals surface area (Å²) in [5, 5.41) is 4.69. The Morgan fingerprint density at radius 2 is 2.03 bits per heavy atom. The van der Waals surface area contributed by atoms with Crippen molar-refractivity contribution in [1.82, 2.24) is 19.2 Å². The number of nitrogens with zero attached hydrogens (tertiary/aromatic N) is 4. The Morgan fingerprint density at radius 3 is 2.71 bits per heavy atom. The Morgan fingerprint density at radius 1 is 1.26 bits per heavy atom. The summed E-state index contributed by atoms with van der Waals surface area (Å²) in [6.07, 6.45) is 0.616. The van der Waals surface area contributed by atoms with Gasteiger partial charge in [0.25, 0.3) is 0 Å². The molecule has 5 nitrogen and oxygen atoms in total. The van der Waals surface area contributed by atoms with Crippen LogP contribution in [-0.4, -0.2) is 31.8 Å². The van der Waals surface area contributed by atoms with Crippen molar-refractivity contribution in [2.45, 2.75) is 52.0 Å². The second kappa shape index (κ2) is 8.00. The number of hydrogen-bond donors (Lipinski definition) is 0. The molecule has 1 fully saturated rings. The summed E-state index contributed by atoms with van der Waals surface area (Å²) in [5.74, 6) is 0. The fourth-order valence-electron chi connectivity index (χ4n) is 4.43. The van der Waals surface area contributed by atoms with Gasteiger partial charge >= 0.3 is 6.18 Å². The van der Waals surface area contributed by atoms with E-state index in [2.05, 4.69) is 16.6 Å². The summed E-state index contributed by atoms with van der Waals surface area (Å²) in [6, 6.07) is 5.70. The maximum Gasteiger partial charge on any atom is 0.431 e. The maximum absolute atomic E-state index is 13.9. The Kier molecular flexibility index (Phi) is 5.51. The Bertz CT molecular complexity index is 1190. The molecule has 1 unspecified atom stereocenters. The summed E-state index contributed by atoms with van der Waals surface area (Å²) in [5.41, 5.74) is 1.59. The van der Waals surface area contributed by atoms with Gasteiger partial charge in [0.1, 0.15) is 5.69 Å². The summed E-state index contributed by atoms with van der Waals surface area (Å²) < 4.78 is 44.5. The van der Waals surface area contributed by atoms with Crippen molar-refractivity contribution in [3.8, 4) is 0 Å². The average molecular weight is 430 g/mol. The third-order valence-corrected chi connectivity index (χ3v) is 6.03. The summed E-state index contributed by atoms with van der Waals surface area (Å²) >= 11 is 0. The van der Waals surface area contributed by atoms with E-state index in [0.717, 1.165) is 42.3 Å². The highest BCUT2D eigenvalue weighted by Crippen LogP contribution is 2.32. The second-order valence-electron chi connectivity index (χ2n) is 8.19. The highest BCUT2D eigenvalue weighted by molar-refractivity contribution is 5.80. The standard InChI is InChI=1S/C23H25F3N4O/c1-4-29-13-17(16(3)27-29)12-28-9-5-6-18(28)14-30-20-8-7-15(2)10-19(20)21(31)11-22(30)23(24,25)26/h4,7-8,10-11,13,18H,1,5-6,9,12,14H2,2-3H3. The zero-order chi connectivity index (χ0) is 22.3. The first kappa shape index (κ1) is 21.4. The van der Waals surface area contributed by atoms with Crippen LogP contribution in [0.2, 0.25) is 0 Å². The smallest absolute Gasteiger partial charge is 0.335 e. The lowest BCUT2D eigenvalue weighted by Gasteiger charge is -2.28. The molecule has 164 valence electrons. The van der Waals surface area contributed by atoms with Crippen LogP contribution in [0.1, 0.15) is 35.4 Å². The predicted molar refractivity (Wildman–Crippen MR) is 115 cm³/mol. The van der Waals surface area contributed by atoms with E-state index < -0.39 is 17.3 Å². The minimum Gasteiger partial charge on any atom is -0.335 e. The van der Waals surface area contributed by atoms with Crippen LogP contribution in [0.3, 0.4) is 0 Å². The number of aromatic nitrogens is 3. The van der Waals surface area contributed by atoms with Crippen molar-refractivity contribution >= 4 is 17.1 Å². The zero-order valence-electron chi connectivity index (χ0n) is 17.6. The van der Waals surface area contributed by atoms with E-state index in [4.69, 9.17) is 0 Å². The van der Waals surface area contributed by atoms with E-state index in [1.807, 2.05) is 20.0 Å². The number of pyridine rings is 1. The lowest BCUT2D eigenvalue weighted by molar-refractivity contribution is -0.144. The van der Waals surface area contributed by atoms with E-state index in [-0.39, 0.29) is 12.6 Å². The molecule has 31 heavy (non-hydrogen) atoms. The molecule has 1 saturated heterocycles. The molecule has 0 amide bonds. The van der Waals surface area contributed by atoms with E-state index >= 15 is 0 Å². The van der Waals surface area contributed by atoms with Gasteiger partial charge in [-0.3, -0.25) is 9.69 Å². The Hall–Kier alpha value is -2.87. The SMILES string of the molecule is C=Cn1cc(CN2CCCC2Cn2c(C(F)(F)F)cc(=O)c3cc(C)ccc32)c(C)n1. The number of fused-ring (bicyclic) bond motifs is 1. The van der Waals surface area contributed by atoms with Gasteiger partial charge in [-0.15, -0.1) is 0 Å². The number of benzene rings is 1. The Labute approximate surface area is 178 Å². The van der Waals surface area contributed by atoms with Crippen LogP contribution >= 0.6 is 0 Å². The van der Waals surface area contributed by atoms with Gasteiger partial charge in [0.2, 0.25) is 0 Å². The first-order valence-electron chi connectivity index (χ1n) is 10.3. The number of rotatable bonds is 5. The molecule has 0 bridgehead atoms. The van der Waals surface area contributed by atoms with Gasteiger partial charge in [0.05, 0.1) is 11.2 Å². The quantitative estimate of drug-likeness (QED) is 0.594. The molecule has 1 aromatic carbocycles. The molecule has 0 spiro atoms. The van der Waals surface area contributed by atoms with Gasteiger partial charge in [-0.2, -0.15) is 18.3 Å². The monoisotopic (exact) mass is 430 g/mol. The average Bonchev–Trinajstić information content (AvgIpc) is 3.29.